The topological polar surface area (TPSA) is 117 Å². The van der Waals surface area contributed by atoms with E-state index in [4.69, 9.17) is 24.3 Å². The Morgan fingerprint density at radius 1 is 0.640 bits per heavy atom. The summed E-state index contributed by atoms with van der Waals surface area (Å²) in [5.41, 5.74) is 5.35. The molecule has 50 heavy (non-hydrogen) atoms. The number of esters is 1. The molecule has 0 saturated heterocycles. The fraction of sp³-hybridized carbons (Fsp3) is 0.683. The van der Waals surface area contributed by atoms with E-state index in [-0.39, 0.29) is 38.8 Å². The zero-order valence-electron chi connectivity index (χ0n) is 31.6. The number of carbonyl (C=O) groups is 1. The molecule has 3 N–H and O–H groups in total. The fourth-order valence-electron chi connectivity index (χ4n) is 4.84. The zero-order chi connectivity index (χ0) is 36.6. The van der Waals surface area contributed by atoms with Crippen LogP contribution in [0.15, 0.2) is 73.1 Å². The summed E-state index contributed by atoms with van der Waals surface area (Å²) >= 11 is 0. The molecule has 0 radical (unpaired) electrons. The van der Waals surface area contributed by atoms with Gasteiger partial charge in [-0.15, -0.1) is 0 Å². The van der Waals surface area contributed by atoms with Crippen molar-refractivity contribution in [3.05, 3.63) is 73.1 Å². The first-order valence-electron chi connectivity index (χ1n) is 19.5. The Labute approximate surface area is 305 Å². The molecule has 0 spiro atoms. The molecule has 0 amide bonds. The summed E-state index contributed by atoms with van der Waals surface area (Å²) in [4.78, 5) is 22.2. The minimum Gasteiger partial charge on any atom is -0.492 e. The second-order valence-corrected chi connectivity index (χ2v) is 13.9. The van der Waals surface area contributed by atoms with Gasteiger partial charge in [-0.05, 0) is 63.9 Å². The Morgan fingerprint density at radius 2 is 1.14 bits per heavy atom. The second kappa shape index (κ2) is 38.0. The van der Waals surface area contributed by atoms with Gasteiger partial charge in [0.2, 0.25) is 0 Å². The molecule has 0 heterocycles. The highest BCUT2D eigenvalue weighted by Gasteiger charge is 2.24. The predicted octanol–water partition coefficient (Wildman–Crippen LogP) is 11.5. The summed E-state index contributed by atoms with van der Waals surface area (Å²) < 4.78 is 33.0. The standard InChI is InChI=1S/C41H72NO7P/c1-3-5-7-9-11-13-15-17-19-20-21-22-24-26-28-30-32-34-41(43)47-38-40(39-49-50(44,45)48-37-35-42)46-36-33-31-29-27-25-23-18-16-14-12-10-8-6-4-2/h5,7,11,13,17,19,21-22,26,28,33,36,40H,3-4,6,8-10,12,14-16,18,20,23-25,27,29-32,34-35,37-39,42H2,1-2H3,(H,44,45)/t40-/m1/s1. The van der Waals surface area contributed by atoms with Crippen LogP contribution in [0.2, 0.25) is 0 Å². The van der Waals surface area contributed by atoms with Gasteiger partial charge in [-0.2, -0.15) is 0 Å². The first-order chi connectivity index (χ1) is 24.4. The summed E-state index contributed by atoms with van der Waals surface area (Å²) in [7, 11) is -4.28. The molecule has 0 aromatic heterocycles. The van der Waals surface area contributed by atoms with Gasteiger partial charge in [-0.25, -0.2) is 4.57 Å². The van der Waals surface area contributed by atoms with Crippen LogP contribution >= 0.6 is 7.82 Å². The third kappa shape index (κ3) is 37.0. The number of unbranched alkanes of at least 4 members (excludes halogenated alkanes) is 13. The molecule has 0 aromatic rings. The van der Waals surface area contributed by atoms with Crippen molar-refractivity contribution in [2.24, 2.45) is 5.73 Å². The smallest absolute Gasteiger partial charge is 0.472 e. The molecule has 0 saturated carbocycles. The quantitative estimate of drug-likeness (QED) is 0.0216. The number of phosphoric acid groups is 1. The first-order valence-corrected chi connectivity index (χ1v) is 21.0. The van der Waals surface area contributed by atoms with Crippen molar-refractivity contribution >= 4 is 13.8 Å². The van der Waals surface area contributed by atoms with Crippen LogP contribution in [0.1, 0.15) is 149 Å². The van der Waals surface area contributed by atoms with Crippen molar-refractivity contribution in [1.82, 2.24) is 0 Å². The Morgan fingerprint density at radius 3 is 1.68 bits per heavy atom. The number of hydrogen-bond donors (Lipinski definition) is 2. The second-order valence-electron chi connectivity index (χ2n) is 12.5. The van der Waals surface area contributed by atoms with E-state index < -0.39 is 13.9 Å². The minimum absolute atomic E-state index is 0.0902. The van der Waals surface area contributed by atoms with Crippen LogP contribution < -0.4 is 5.73 Å². The molecule has 8 nitrogen and oxygen atoms in total. The largest absolute Gasteiger partial charge is 0.492 e. The number of hydrogen-bond acceptors (Lipinski definition) is 7. The Hall–Kier alpha value is -2.22. The van der Waals surface area contributed by atoms with Crippen molar-refractivity contribution in [3.8, 4) is 0 Å². The van der Waals surface area contributed by atoms with Gasteiger partial charge in [0, 0.05) is 13.0 Å². The van der Waals surface area contributed by atoms with Crippen molar-refractivity contribution in [3.63, 3.8) is 0 Å². The first kappa shape index (κ1) is 47.8. The number of allylic oxidation sites excluding steroid dienone is 11. The van der Waals surface area contributed by atoms with E-state index in [0.717, 1.165) is 51.4 Å². The highest BCUT2D eigenvalue weighted by molar-refractivity contribution is 7.47. The van der Waals surface area contributed by atoms with Crippen LogP contribution in [-0.4, -0.2) is 43.3 Å². The van der Waals surface area contributed by atoms with Crippen LogP contribution in [-0.2, 0) is 27.9 Å². The lowest BCUT2D eigenvalue weighted by molar-refractivity contribution is -0.147. The van der Waals surface area contributed by atoms with E-state index >= 15 is 0 Å². The van der Waals surface area contributed by atoms with Crippen LogP contribution in [0.4, 0.5) is 0 Å². The van der Waals surface area contributed by atoms with E-state index in [1.54, 1.807) is 6.26 Å². The molecule has 2 atom stereocenters. The molecule has 0 fully saturated rings. The van der Waals surface area contributed by atoms with Crippen molar-refractivity contribution < 1.29 is 32.8 Å². The number of ether oxygens (including phenoxy) is 2. The van der Waals surface area contributed by atoms with Crippen LogP contribution in [0.5, 0.6) is 0 Å². The lowest BCUT2D eigenvalue weighted by Crippen LogP contribution is -2.25. The van der Waals surface area contributed by atoms with Gasteiger partial charge >= 0.3 is 13.8 Å². The van der Waals surface area contributed by atoms with Gasteiger partial charge in [-0.3, -0.25) is 13.8 Å². The average Bonchev–Trinajstić information content (AvgIpc) is 3.11. The lowest BCUT2D eigenvalue weighted by atomic mass is 10.0. The van der Waals surface area contributed by atoms with Crippen LogP contribution in [0, 0.1) is 0 Å². The fourth-order valence-corrected chi connectivity index (χ4v) is 5.60. The Kier molecular flexibility index (Phi) is 36.3. The maximum absolute atomic E-state index is 12.3. The van der Waals surface area contributed by atoms with E-state index in [2.05, 4.69) is 74.6 Å². The van der Waals surface area contributed by atoms with Gasteiger partial charge in [0.25, 0.3) is 0 Å². The minimum atomic E-state index is -4.28. The molecule has 0 aliphatic carbocycles. The van der Waals surface area contributed by atoms with Gasteiger partial charge in [-0.1, -0.05) is 145 Å². The molecule has 0 aromatic carbocycles. The molecular formula is C41H72NO7P. The highest BCUT2D eigenvalue weighted by Crippen LogP contribution is 2.43. The van der Waals surface area contributed by atoms with Crippen LogP contribution in [0.25, 0.3) is 0 Å². The maximum Gasteiger partial charge on any atom is 0.472 e. The molecule has 9 heteroatoms. The number of rotatable bonds is 36. The van der Waals surface area contributed by atoms with Gasteiger partial charge in [0.05, 0.1) is 19.5 Å². The normalized spacial score (nSPS) is 14.3. The van der Waals surface area contributed by atoms with Crippen molar-refractivity contribution in [2.45, 2.75) is 155 Å². The van der Waals surface area contributed by atoms with Crippen LogP contribution in [0.3, 0.4) is 0 Å². The Bertz CT molecular complexity index is 989. The highest BCUT2D eigenvalue weighted by atomic mass is 31.2. The number of nitrogens with two attached hydrogens (primary N) is 1. The third-order valence-electron chi connectivity index (χ3n) is 7.73. The average molecular weight is 722 g/mol. The molecule has 1 unspecified atom stereocenters. The maximum atomic E-state index is 12.3. The molecule has 288 valence electrons. The summed E-state index contributed by atoms with van der Waals surface area (Å²) in [6.07, 6.45) is 47.4. The summed E-state index contributed by atoms with van der Waals surface area (Å²) in [6, 6.07) is 0. The van der Waals surface area contributed by atoms with Crippen molar-refractivity contribution in [2.75, 3.05) is 26.4 Å². The molecule has 0 bridgehead atoms. The number of phosphoric ester groups is 1. The summed E-state index contributed by atoms with van der Waals surface area (Å²) in [5.74, 6) is -0.349. The number of carbonyl (C=O) groups excluding carboxylic acids is 1. The summed E-state index contributed by atoms with van der Waals surface area (Å²) in [6.45, 7) is 4.01. The molecule has 0 aliphatic heterocycles. The van der Waals surface area contributed by atoms with E-state index in [1.807, 2.05) is 6.08 Å². The lowest BCUT2D eigenvalue weighted by Gasteiger charge is -2.19. The summed E-state index contributed by atoms with van der Waals surface area (Å²) in [5, 5.41) is 0. The molecular weight excluding hydrogens is 649 g/mol. The van der Waals surface area contributed by atoms with E-state index in [9.17, 15) is 14.3 Å². The predicted molar refractivity (Wildman–Crippen MR) is 210 cm³/mol. The van der Waals surface area contributed by atoms with E-state index in [1.165, 1.54) is 70.6 Å². The van der Waals surface area contributed by atoms with Gasteiger partial charge in [0.15, 0.2) is 6.10 Å². The van der Waals surface area contributed by atoms with Gasteiger partial charge < -0.3 is 20.1 Å². The monoisotopic (exact) mass is 722 g/mol. The SMILES string of the molecule is CCC=CCC=CCC=CCC=CCC=CCCCC(=O)OC[C@H](COP(=O)(O)OCCN)OC=CCCCCCCCCCCCCCC. The van der Waals surface area contributed by atoms with E-state index in [0.29, 0.717) is 6.42 Å². The van der Waals surface area contributed by atoms with Gasteiger partial charge in [0.1, 0.15) is 6.61 Å². The zero-order valence-corrected chi connectivity index (χ0v) is 32.5. The molecule has 0 rings (SSSR count). The Balaban J connectivity index is 4.25. The molecule has 0 aliphatic rings. The van der Waals surface area contributed by atoms with Crippen molar-refractivity contribution in [1.29, 1.82) is 0 Å². The third-order valence-corrected chi connectivity index (χ3v) is 8.71.